The molecule has 1 aromatic carbocycles. The molecule has 1 aromatic heterocycles. The van der Waals surface area contributed by atoms with Crippen LogP contribution in [-0.4, -0.2) is 54.9 Å². The van der Waals surface area contributed by atoms with Crippen molar-refractivity contribution >= 4 is 29.1 Å². The van der Waals surface area contributed by atoms with Crippen LogP contribution in [0.4, 0.5) is 0 Å². The molecule has 50 heavy (non-hydrogen) atoms. The summed E-state index contributed by atoms with van der Waals surface area (Å²) in [6.45, 7) is 7.47. The molecular weight excluding hydrogens is 643 g/mol. The number of ether oxygens (including phenoxy) is 1. The lowest BCUT2D eigenvalue weighted by atomic mass is 9.86. The summed E-state index contributed by atoms with van der Waals surface area (Å²) < 4.78 is 5.82. The molecule has 1 heterocycles. The van der Waals surface area contributed by atoms with E-state index < -0.39 is 0 Å². The van der Waals surface area contributed by atoms with Crippen LogP contribution in [0.15, 0.2) is 35.7 Å². The molecule has 8 heteroatoms. The van der Waals surface area contributed by atoms with Crippen LogP contribution in [0, 0.1) is 0 Å². The van der Waals surface area contributed by atoms with Gasteiger partial charge in [-0.2, -0.15) is 0 Å². The van der Waals surface area contributed by atoms with E-state index in [2.05, 4.69) is 46.0 Å². The highest BCUT2D eigenvalue weighted by Crippen LogP contribution is 2.32. The number of amides is 2. The number of nitrogens with one attached hydrogen (secondary N) is 2. The van der Waals surface area contributed by atoms with E-state index in [0.717, 1.165) is 71.0 Å². The van der Waals surface area contributed by atoms with E-state index in [-0.39, 0.29) is 24.2 Å². The Kier molecular flexibility index (Phi) is 21.8. The fourth-order valence-electron chi connectivity index (χ4n) is 7.18. The molecular formula is C42H67N3O4S. The topological polar surface area (TPSA) is 87.7 Å². The van der Waals surface area contributed by atoms with E-state index in [4.69, 9.17) is 4.74 Å². The van der Waals surface area contributed by atoms with Crippen molar-refractivity contribution < 1.29 is 19.1 Å². The summed E-state index contributed by atoms with van der Waals surface area (Å²) in [5.74, 6) is 0.623. The zero-order valence-corrected chi connectivity index (χ0v) is 32.2. The summed E-state index contributed by atoms with van der Waals surface area (Å²) >= 11 is 1.84. The van der Waals surface area contributed by atoms with E-state index in [0.29, 0.717) is 31.2 Å². The largest absolute Gasteiger partial charge is 0.426 e. The molecule has 0 bridgehead atoms. The van der Waals surface area contributed by atoms with Gasteiger partial charge in [-0.15, -0.1) is 11.3 Å². The predicted molar refractivity (Wildman–Crippen MR) is 208 cm³/mol. The van der Waals surface area contributed by atoms with E-state index in [1.54, 1.807) is 0 Å². The Hall–Kier alpha value is -2.71. The quantitative estimate of drug-likeness (QED) is 0.0523. The van der Waals surface area contributed by atoms with Gasteiger partial charge < -0.3 is 15.4 Å². The first-order chi connectivity index (χ1) is 24.5. The van der Waals surface area contributed by atoms with Crippen molar-refractivity contribution in [1.29, 1.82) is 0 Å². The van der Waals surface area contributed by atoms with Gasteiger partial charge in [-0.05, 0) is 87.1 Å². The molecule has 0 aliphatic heterocycles. The Bertz CT molecular complexity index is 1220. The number of carbonyl (C=O) groups is 3. The Morgan fingerprint density at radius 1 is 0.760 bits per heavy atom. The molecule has 2 amide bonds. The van der Waals surface area contributed by atoms with Gasteiger partial charge in [0.25, 0.3) is 0 Å². The average molecular weight is 710 g/mol. The minimum absolute atomic E-state index is 0.0265. The number of hydrogen-bond donors (Lipinski definition) is 2. The molecule has 3 rings (SSSR count). The van der Waals surface area contributed by atoms with E-state index in [1.807, 2.05) is 30.4 Å². The average Bonchev–Trinajstić information content (AvgIpc) is 3.64. The van der Waals surface area contributed by atoms with Gasteiger partial charge in [0.15, 0.2) is 0 Å². The number of thiophene rings is 1. The third kappa shape index (κ3) is 17.5. The van der Waals surface area contributed by atoms with Crippen LogP contribution in [0.25, 0.3) is 0 Å². The van der Waals surface area contributed by atoms with Gasteiger partial charge in [-0.3, -0.25) is 19.3 Å². The molecule has 1 aliphatic carbocycles. The van der Waals surface area contributed by atoms with Gasteiger partial charge in [0.1, 0.15) is 5.75 Å². The summed E-state index contributed by atoms with van der Waals surface area (Å²) in [6.07, 6.45) is 23.6. The van der Waals surface area contributed by atoms with Gasteiger partial charge in [0.2, 0.25) is 11.8 Å². The lowest BCUT2D eigenvalue weighted by Crippen LogP contribution is -2.41. The van der Waals surface area contributed by atoms with Crippen LogP contribution in [0.3, 0.4) is 0 Å². The zero-order valence-electron chi connectivity index (χ0n) is 31.4. The van der Waals surface area contributed by atoms with Crippen molar-refractivity contribution in [1.82, 2.24) is 15.5 Å². The minimum Gasteiger partial charge on any atom is -0.426 e. The van der Waals surface area contributed by atoms with Gasteiger partial charge in [-0.1, -0.05) is 102 Å². The third-order valence-electron chi connectivity index (χ3n) is 9.97. The van der Waals surface area contributed by atoms with Crippen molar-refractivity contribution in [3.8, 4) is 5.75 Å². The second-order valence-corrected chi connectivity index (χ2v) is 15.2. The fraction of sp³-hybridized carbons (Fsp3) is 0.690. The van der Waals surface area contributed by atoms with E-state index >= 15 is 0 Å². The highest BCUT2D eigenvalue weighted by molar-refractivity contribution is 7.09. The molecule has 1 atom stereocenters. The number of unbranched alkanes of at least 4 members (excludes halogenated alkanes) is 13. The molecule has 0 saturated carbocycles. The maximum absolute atomic E-state index is 12.7. The molecule has 0 radical (unpaired) electrons. The number of nitrogens with zero attached hydrogens (tertiary/aromatic N) is 1. The van der Waals surface area contributed by atoms with Crippen LogP contribution >= 0.6 is 11.3 Å². The van der Waals surface area contributed by atoms with Crippen LogP contribution in [-0.2, 0) is 33.6 Å². The number of hydrogen-bond acceptors (Lipinski definition) is 6. The van der Waals surface area contributed by atoms with Crippen LogP contribution in [0.2, 0.25) is 0 Å². The first kappa shape index (κ1) is 41.7. The zero-order chi connectivity index (χ0) is 35.7. The maximum Gasteiger partial charge on any atom is 0.312 e. The Morgan fingerprint density at radius 3 is 1.96 bits per heavy atom. The first-order valence-corrected chi connectivity index (χ1v) is 21.0. The Morgan fingerprint density at radius 2 is 1.38 bits per heavy atom. The summed E-state index contributed by atoms with van der Waals surface area (Å²) in [6, 6.07) is 11.0. The van der Waals surface area contributed by atoms with Crippen molar-refractivity contribution in [2.75, 3.05) is 26.2 Å². The molecule has 0 spiro atoms. The number of benzene rings is 1. The SMILES string of the molecule is CCCN(CCc1cccs1)[C@@H]1CCc2c(cccc2OC(=O)CCNC(=O)CCCCCCCCCCCCCCCCC(=O)NCC)C1. The third-order valence-corrected chi connectivity index (χ3v) is 10.9. The fourth-order valence-corrected chi connectivity index (χ4v) is 7.88. The predicted octanol–water partition coefficient (Wildman–Crippen LogP) is 9.35. The van der Waals surface area contributed by atoms with Gasteiger partial charge >= 0.3 is 5.97 Å². The number of carbonyl (C=O) groups excluding carboxylic acids is 3. The second-order valence-electron chi connectivity index (χ2n) is 14.1. The van der Waals surface area contributed by atoms with Crippen molar-refractivity contribution in [3.05, 3.63) is 51.7 Å². The lowest BCUT2D eigenvalue weighted by molar-refractivity contribution is -0.134. The molecule has 7 nitrogen and oxygen atoms in total. The van der Waals surface area contributed by atoms with Crippen molar-refractivity contribution in [2.24, 2.45) is 0 Å². The summed E-state index contributed by atoms with van der Waals surface area (Å²) in [7, 11) is 0. The number of fused-ring (bicyclic) bond motifs is 1. The van der Waals surface area contributed by atoms with Gasteiger partial charge in [-0.25, -0.2) is 0 Å². The highest BCUT2D eigenvalue weighted by atomic mass is 32.1. The van der Waals surface area contributed by atoms with Crippen LogP contribution in [0.1, 0.15) is 152 Å². The Labute approximate surface area is 307 Å². The normalized spacial score (nSPS) is 14.0. The molecule has 2 N–H and O–H groups in total. The summed E-state index contributed by atoms with van der Waals surface area (Å²) in [5, 5.41) is 7.93. The maximum atomic E-state index is 12.7. The lowest BCUT2D eigenvalue weighted by Gasteiger charge is -2.35. The molecule has 280 valence electrons. The highest BCUT2D eigenvalue weighted by Gasteiger charge is 2.26. The second kappa shape index (κ2) is 26.1. The molecule has 0 saturated heterocycles. The van der Waals surface area contributed by atoms with Gasteiger partial charge in [0, 0.05) is 43.4 Å². The van der Waals surface area contributed by atoms with Crippen molar-refractivity contribution in [3.63, 3.8) is 0 Å². The van der Waals surface area contributed by atoms with E-state index in [1.165, 1.54) is 86.6 Å². The monoisotopic (exact) mass is 709 g/mol. The molecule has 1 aliphatic rings. The summed E-state index contributed by atoms with van der Waals surface area (Å²) in [4.78, 5) is 40.6. The molecule has 0 fully saturated rings. The van der Waals surface area contributed by atoms with Crippen LogP contribution in [0.5, 0.6) is 5.75 Å². The van der Waals surface area contributed by atoms with Crippen molar-refractivity contribution in [2.45, 2.75) is 161 Å². The minimum atomic E-state index is -0.283. The summed E-state index contributed by atoms with van der Waals surface area (Å²) in [5.41, 5.74) is 2.46. The first-order valence-electron chi connectivity index (χ1n) is 20.1. The molecule has 0 unspecified atom stereocenters. The smallest absolute Gasteiger partial charge is 0.312 e. The van der Waals surface area contributed by atoms with E-state index in [9.17, 15) is 14.4 Å². The number of rotatable bonds is 28. The Balaban J connectivity index is 1.17. The standard InChI is InChI=1S/C42H67N3O4S/c1-3-31-45(32-29-37-22-20-33-50-37)36-26-27-38-35(34-36)21-19-23-39(38)49-42(48)28-30-44-41(47)25-18-16-14-12-10-8-6-5-7-9-11-13-15-17-24-40(46)43-4-2/h19-23,33,36H,3-18,24-32,34H2,1-2H3,(H,43,46)(H,44,47)/t36-/m1/s1. The number of esters is 1. The van der Waals surface area contributed by atoms with Gasteiger partial charge in [0.05, 0.1) is 6.42 Å². The van der Waals surface area contributed by atoms with Crippen LogP contribution < -0.4 is 15.4 Å². The molecule has 2 aromatic rings.